The molecule has 2 aromatic carbocycles. The second-order valence-electron chi connectivity index (χ2n) is 4.67. The van der Waals surface area contributed by atoms with Crippen LogP contribution in [0.4, 0.5) is 0 Å². The Hall–Kier alpha value is -3.08. The van der Waals surface area contributed by atoms with Crippen molar-refractivity contribution in [3.63, 3.8) is 0 Å². The van der Waals surface area contributed by atoms with Crippen LogP contribution in [0, 0.1) is 10.1 Å². The Kier molecular flexibility index (Phi) is 3.62. The van der Waals surface area contributed by atoms with E-state index in [0.29, 0.717) is 17.1 Å². The summed E-state index contributed by atoms with van der Waals surface area (Å²) < 4.78 is 11.0. The minimum absolute atomic E-state index is 0.450. The molecule has 0 bridgehead atoms. The van der Waals surface area contributed by atoms with Crippen LogP contribution in [0.1, 0.15) is 5.76 Å². The van der Waals surface area contributed by atoms with E-state index in [2.05, 4.69) is 0 Å². The summed E-state index contributed by atoms with van der Waals surface area (Å²) in [5.74, 6) is 1.12. The number of rotatable bonds is 4. The summed E-state index contributed by atoms with van der Waals surface area (Å²) in [5.41, 5.74) is 2.40. The Bertz CT molecular complexity index is 850. The molecule has 0 saturated carbocycles. The molecular weight excluding hydrogens is 282 g/mol. The number of benzene rings is 2. The van der Waals surface area contributed by atoms with Gasteiger partial charge >= 0.3 is 0 Å². The van der Waals surface area contributed by atoms with E-state index >= 15 is 0 Å². The number of ether oxygens (including phenoxy) is 1. The first kappa shape index (κ1) is 13.9. The van der Waals surface area contributed by atoms with E-state index in [1.54, 1.807) is 13.2 Å². The van der Waals surface area contributed by atoms with E-state index in [9.17, 15) is 10.1 Å². The van der Waals surface area contributed by atoms with Crippen molar-refractivity contribution in [1.29, 1.82) is 0 Å². The summed E-state index contributed by atoms with van der Waals surface area (Å²) in [4.78, 5) is 10.1. The van der Waals surface area contributed by atoms with E-state index in [1.807, 2.05) is 42.5 Å². The zero-order chi connectivity index (χ0) is 15.5. The van der Waals surface area contributed by atoms with Gasteiger partial charge in [0.15, 0.2) is 0 Å². The Morgan fingerprint density at radius 1 is 1.18 bits per heavy atom. The predicted octanol–water partition coefficient (Wildman–Crippen LogP) is 4.36. The van der Waals surface area contributed by atoms with E-state index in [0.717, 1.165) is 22.7 Å². The molecule has 3 rings (SSSR count). The van der Waals surface area contributed by atoms with Crippen LogP contribution in [-0.2, 0) is 0 Å². The molecule has 0 aliphatic carbocycles. The van der Waals surface area contributed by atoms with Crippen molar-refractivity contribution >= 4 is 17.0 Å². The normalized spacial score (nSPS) is 11.1. The SMILES string of the molecule is COc1ccc2c(-c3ccccc3)c(/C=C/[N+](=O)[O-])oc2c1. The van der Waals surface area contributed by atoms with Crippen LogP contribution < -0.4 is 4.74 Å². The van der Waals surface area contributed by atoms with Crippen molar-refractivity contribution < 1.29 is 14.1 Å². The number of furan rings is 1. The maximum atomic E-state index is 10.6. The molecule has 0 amide bonds. The summed E-state index contributed by atoms with van der Waals surface area (Å²) in [6.45, 7) is 0. The van der Waals surface area contributed by atoms with E-state index in [1.165, 1.54) is 6.08 Å². The van der Waals surface area contributed by atoms with Gasteiger partial charge in [-0.15, -0.1) is 0 Å². The highest BCUT2D eigenvalue weighted by Gasteiger charge is 2.15. The zero-order valence-corrected chi connectivity index (χ0v) is 11.9. The molecule has 3 aromatic rings. The topological polar surface area (TPSA) is 65.5 Å². The number of hydrogen-bond donors (Lipinski definition) is 0. The van der Waals surface area contributed by atoms with E-state index in [-0.39, 0.29) is 0 Å². The molecule has 5 nitrogen and oxygen atoms in total. The number of fused-ring (bicyclic) bond motifs is 1. The first-order chi connectivity index (χ1) is 10.7. The highest BCUT2D eigenvalue weighted by molar-refractivity contribution is 5.98. The van der Waals surface area contributed by atoms with Gasteiger partial charge < -0.3 is 9.15 Å². The molecule has 110 valence electrons. The Morgan fingerprint density at radius 3 is 2.64 bits per heavy atom. The average Bonchev–Trinajstić information content (AvgIpc) is 2.91. The molecule has 0 spiro atoms. The number of nitrogens with zero attached hydrogens (tertiary/aromatic N) is 1. The molecule has 0 radical (unpaired) electrons. The quantitative estimate of drug-likeness (QED) is 0.530. The smallest absolute Gasteiger partial charge is 0.238 e. The van der Waals surface area contributed by atoms with E-state index < -0.39 is 4.92 Å². The Balaban J connectivity index is 2.25. The van der Waals surface area contributed by atoms with Crippen molar-refractivity contribution in [3.05, 3.63) is 70.6 Å². The van der Waals surface area contributed by atoms with Gasteiger partial charge in [-0.3, -0.25) is 10.1 Å². The fraction of sp³-hybridized carbons (Fsp3) is 0.0588. The average molecular weight is 295 g/mol. The standard InChI is InChI=1S/C17H13NO4/c1-21-13-7-8-14-16(11-13)22-15(9-10-18(19)20)17(14)12-5-3-2-4-6-12/h2-11H,1H3/b10-9+. The fourth-order valence-corrected chi connectivity index (χ4v) is 2.37. The van der Waals surface area contributed by atoms with Crippen LogP contribution in [0.25, 0.3) is 28.2 Å². The molecule has 0 aliphatic heterocycles. The van der Waals surface area contributed by atoms with Gasteiger partial charge in [-0.1, -0.05) is 30.3 Å². The fourth-order valence-electron chi connectivity index (χ4n) is 2.37. The molecule has 1 heterocycles. The zero-order valence-electron chi connectivity index (χ0n) is 11.9. The molecule has 22 heavy (non-hydrogen) atoms. The lowest BCUT2D eigenvalue weighted by molar-refractivity contribution is -0.401. The minimum Gasteiger partial charge on any atom is -0.497 e. The number of hydrogen-bond acceptors (Lipinski definition) is 4. The van der Waals surface area contributed by atoms with Gasteiger partial charge in [0, 0.05) is 17.0 Å². The second-order valence-corrected chi connectivity index (χ2v) is 4.67. The van der Waals surface area contributed by atoms with Crippen molar-refractivity contribution in [2.45, 2.75) is 0 Å². The van der Waals surface area contributed by atoms with Gasteiger partial charge in [0.2, 0.25) is 6.20 Å². The molecule has 5 heteroatoms. The lowest BCUT2D eigenvalue weighted by Gasteiger charge is -2.01. The van der Waals surface area contributed by atoms with Crippen LogP contribution in [0.5, 0.6) is 5.75 Å². The van der Waals surface area contributed by atoms with E-state index in [4.69, 9.17) is 9.15 Å². The summed E-state index contributed by atoms with van der Waals surface area (Å²) in [5, 5.41) is 11.5. The van der Waals surface area contributed by atoms with Crippen molar-refractivity contribution in [2.75, 3.05) is 7.11 Å². The highest BCUT2D eigenvalue weighted by atomic mass is 16.6. The third kappa shape index (κ3) is 2.56. The Labute approximate surface area is 126 Å². The molecule has 0 N–H and O–H groups in total. The molecule has 0 atom stereocenters. The molecular formula is C17H13NO4. The first-order valence-corrected chi connectivity index (χ1v) is 6.66. The van der Waals surface area contributed by atoms with Gasteiger partial charge in [0.05, 0.1) is 18.1 Å². The predicted molar refractivity (Wildman–Crippen MR) is 84.2 cm³/mol. The number of methoxy groups -OCH3 is 1. The Morgan fingerprint density at radius 2 is 1.95 bits per heavy atom. The first-order valence-electron chi connectivity index (χ1n) is 6.66. The van der Waals surface area contributed by atoms with Gasteiger partial charge in [-0.05, 0) is 17.7 Å². The minimum atomic E-state index is -0.511. The molecule has 0 saturated heterocycles. The number of nitro groups is 1. The monoisotopic (exact) mass is 295 g/mol. The van der Waals surface area contributed by atoms with Crippen molar-refractivity contribution in [2.24, 2.45) is 0 Å². The third-order valence-electron chi connectivity index (χ3n) is 3.33. The molecule has 1 aromatic heterocycles. The van der Waals surface area contributed by atoms with Crippen LogP contribution in [0.2, 0.25) is 0 Å². The lowest BCUT2D eigenvalue weighted by atomic mass is 10.0. The van der Waals surface area contributed by atoms with Gasteiger partial charge in [0.1, 0.15) is 17.1 Å². The van der Waals surface area contributed by atoms with Crippen molar-refractivity contribution in [1.82, 2.24) is 0 Å². The molecule has 0 fully saturated rings. The van der Waals surface area contributed by atoms with Crippen LogP contribution in [0.15, 0.2) is 59.1 Å². The molecule has 0 unspecified atom stereocenters. The second kappa shape index (κ2) is 5.73. The molecule has 0 aliphatic rings. The summed E-state index contributed by atoms with van der Waals surface area (Å²) in [6.07, 6.45) is 2.25. The summed E-state index contributed by atoms with van der Waals surface area (Å²) >= 11 is 0. The lowest BCUT2D eigenvalue weighted by Crippen LogP contribution is -1.83. The maximum absolute atomic E-state index is 10.6. The van der Waals surface area contributed by atoms with Gasteiger partial charge in [-0.25, -0.2) is 0 Å². The van der Waals surface area contributed by atoms with Crippen molar-refractivity contribution in [3.8, 4) is 16.9 Å². The maximum Gasteiger partial charge on any atom is 0.238 e. The summed E-state index contributed by atoms with van der Waals surface area (Å²) in [6, 6.07) is 15.1. The largest absolute Gasteiger partial charge is 0.497 e. The van der Waals surface area contributed by atoms with Gasteiger partial charge in [-0.2, -0.15) is 0 Å². The van der Waals surface area contributed by atoms with Gasteiger partial charge in [0.25, 0.3) is 0 Å². The van der Waals surface area contributed by atoms with Crippen LogP contribution in [0.3, 0.4) is 0 Å². The van der Waals surface area contributed by atoms with Crippen LogP contribution in [-0.4, -0.2) is 12.0 Å². The highest BCUT2D eigenvalue weighted by Crippen LogP contribution is 2.37. The van der Waals surface area contributed by atoms with Crippen LogP contribution >= 0.6 is 0 Å². The third-order valence-corrected chi connectivity index (χ3v) is 3.33. The summed E-state index contributed by atoms with van der Waals surface area (Å²) in [7, 11) is 1.58.